The first kappa shape index (κ1) is 8.02. The molecule has 0 N–H and O–H groups in total. The van der Waals surface area contributed by atoms with Crippen molar-refractivity contribution in [2.75, 3.05) is 6.61 Å². The number of hydrogen-bond acceptors (Lipinski definition) is 1. The minimum Gasteiger partial charge on any atom is -0.413 e. The molecule has 1 fully saturated rings. The highest BCUT2D eigenvalue weighted by Crippen LogP contribution is 2.25. The second-order valence-electron chi connectivity index (χ2n) is 2.93. The summed E-state index contributed by atoms with van der Waals surface area (Å²) in [7, 11) is -1.37. The Kier molecular flexibility index (Phi) is 2.69. The Hall–Kier alpha value is -0.0831. The van der Waals surface area contributed by atoms with Crippen molar-refractivity contribution in [3.05, 3.63) is 12.3 Å². The van der Waals surface area contributed by atoms with Crippen LogP contribution in [0.5, 0.6) is 0 Å². The van der Waals surface area contributed by atoms with Crippen LogP contribution < -0.4 is 0 Å². The number of rotatable bonds is 2. The minimum absolute atomic E-state index is 0.978. The minimum atomic E-state index is -1.37. The lowest BCUT2D eigenvalue weighted by Crippen LogP contribution is -2.38. The molecule has 1 heterocycles. The second-order valence-corrected chi connectivity index (χ2v) is 6.96. The van der Waals surface area contributed by atoms with Crippen molar-refractivity contribution in [1.82, 2.24) is 0 Å². The van der Waals surface area contributed by atoms with Crippen LogP contribution in [0, 0.1) is 0 Å². The Labute approximate surface area is 64.2 Å². The van der Waals surface area contributed by atoms with Gasteiger partial charge < -0.3 is 4.43 Å². The van der Waals surface area contributed by atoms with E-state index in [9.17, 15) is 0 Å². The summed E-state index contributed by atoms with van der Waals surface area (Å²) in [5.74, 6) is 0. The zero-order chi connectivity index (χ0) is 7.45. The predicted molar refractivity (Wildman–Crippen MR) is 46.4 cm³/mol. The molecule has 0 aromatic rings. The Morgan fingerprint density at radius 2 is 2.40 bits per heavy atom. The predicted octanol–water partition coefficient (Wildman–Crippen LogP) is 2.49. The van der Waals surface area contributed by atoms with Crippen molar-refractivity contribution in [1.29, 1.82) is 0 Å². The summed E-state index contributed by atoms with van der Waals surface area (Å²) in [6.45, 7) is 7.06. The molecule has 2 heteroatoms. The van der Waals surface area contributed by atoms with Crippen LogP contribution in [-0.2, 0) is 4.43 Å². The van der Waals surface area contributed by atoms with Crippen molar-refractivity contribution >= 4 is 8.32 Å². The maximum absolute atomic E-state index is 5.78. The van der Waals surface area contributed by atoms with E-state index in [4.69, 9.17) is 4.43 Å². The Morgan fingerprint density at radius 3 is 2.70 bits per heavy atom. The van der Waals surface area contributed by atoms with Crippen molar-refractivity contribution in [3.63, 3.8) is 0 Å². The third-order valence-corrected chi connectivity index (χ3v) is 6.27. The molecule has 1 aliphatic rings. The molecule has 0 aliphatic carbocycles. The molecule has 0 bridgehead atoms. The Morgan fingerprint density at radius 1 is 1.60 bits per heavy atom. The summed E-state index contributed by atoms with van der Waals surface area (Å²) in [6.07, 6.45) is 2.61. The van der Waals surface area contributed by atoms with Crippen molar-refractivity contribution in [2.24, 2.45) is 0 Å². The molecule has 1 saturated heterocycles. The quantitative estimate of drug-likeness (QED) is 0.558. The zero-order valence-electron chi connectivity index (χ0n) is 6.73. The Bertz CT molecular complexity index is 116. The van der Waals surface area contributed by atoms with E-state index in [-0.39, 0.29) is 0 Å². The first-order valence-electron chi connectivity index (χ1n) is 4.10. The summed E-state index contributed by atoms with van der Waals surface area (Å²) in [4.78, 5) is 0. The van der Waals surface area contributed by atoms with Crippen LogP contribution in [0.15, 0.2) is 12.3 Å². The van der Waals surface area contributed by atoms with Gasteiger partial charge in [0.2, 0.25) is 8.32 Å². The molecule has 1 nitrogen and oxygen atoms in total. The van der Waals surface area contributed by atoms with Crippen LogP contribution >= 0.6 is 0 Å². The normalized spacial score (nSPS) is 33.7. The SMILES string of the molecule is C=C[Si]1(CC)CCCCO1. The van der Waals surface area contributed by atoms with Crippen LogP contribution in [0.2, 0.25) is 12.1 Å². The standard InChI is InChI=1S/C8H16OSi/c1-3-10(4-2)8-6-5-7-9-10/h3H,1,4-8H2,2H3. The molecule has 0 spiro atoms. The molecule has 0 aromatic carbocycles. The van der Waals surface area contributed by atoms with Gasteiger partial charge in [-0.25, -0.2) is 0 Å². The molecule has 0 saturated carbocycles. The van der Waals surface area contributed by atoms with Gasteiger partial charge in [-0.05, 0) is 18.5 Å². The molecule has 1 unspecified atom stereocenters. The molecular weight excluding hydrogens is 140 g/mol. The van der Waals surface area contributed by atoms with Gasteiger partial charge in [0.15, 0.2) is 0 Å². The fourth-order valence-corrected chi connectivity index (χ4v) is 4.17. The largest absolute Gasteiger partial charge is 0.413 e. The smallest absolute Gasteiger partial charge is 0.216 e. The lowest BCUT2D eigenvalue weighted by atomic mass is 10.4. The van der Waals surface area contributed by atoms with Gasteiger partial charge in [0.1, 0.15) is 0 Å². The van der Waals surface area contributed by atoms with Crippen LogP contribution in [0.1, 0.15) is 19.8 Å². The molecule has 0 aromatic heterocycles. The summed E-state index contributed by atoms with van der Waals surface area (Å²) in [5, 5.41) is 0. The van der Waals surface area contributed by atoms with E-state index in [1.54, 1.807) is 0 Å². The molecule has 10 heavy (non-hydrogen) atoms. The topological polar surface area (TPSA) is 9.23 Å². The van der Waals surface area contributed by atoms with E-state index in [1.807, 2.05) is 0 Å². The van der Waals surface area contributed by atoms with Gasteiger partial charge in [0, 0.05) is 6.61 Å². The van der Waals surface area contributed by atoms with Gasteiger partial charge in [-0.3, -0.25) is 0 Å². The Balaban J connectivity index is 2.52. The van der Waals surface area contributed by atoms with Crippen LogP contribution in [0.3, 0.4) is 0 Å². The first-order valence-corrected chi connectivity index (χ1v) is 6.50. The second kappa shape index (κ2) is 3.35. The highest BCUT2D eigenvalue weighted by Gasteiger charge is 2.31. The third kappa shape index (κ3) is 1.50. The maximum Gasteiger partial charge on any atom is 0.216 e. The van der Waals surface area contributed by atoms with Gasteiger partial charge in [0.05, 0.1) is 0 Å². The molecule has 1 atom stereocenters. The summed E-state index contributed by atoms with van der Waals surface area (Å²) < 4.78 is 5.78. The molecule has 1 aliphatic heterocycles. The van der Waals surface area contributed by atoms with Gasteiger partial charge >= 0.3 is 0 Å². The molecule has 0 radical (unpaired) electrons. The molecule has 58 valence electrons. The average Bonchev–Trinajstić information content (AvgIpc) is 2.06. The average molecular weight is 156 g/mol. The fraction of sp³-hybridized carbons (Fsp3) is 0.750. The lowest BCUT2D eigenvalue weighted by Gasteiger charge is -2.30. The molecule has 1 rings (SSSR count). The van der Waals surface area contributed by atoms with Crippen molar-refractivity contribution in [3.8, 4) is 0 Å². The van der Waals surface area contributed by atoms with Crippen molar-refractivity contribution < 1.29 is 4.43 Å². The van der Waals surface area contributed by atoms with E-state index < -0.39 is 8.32 Å². The van der Waals surface area contributed by atoms with E-state index >= 15 is 0 Å². The zero-order valence-corrected chi connectivity index (χ0v) is 7.73. The van der Waals surface area contributed by atoms with Crippen molar-refractivity contribution in [2.45, 2.75) is 31.9 Å². The van der Waals surface area contributed by atoms with Crippen LogP contribution in [0.25, 0.3) is 0 Å². The summed E-state index contributed by atoms with van der Waals surface area (Å²) in [6, 6.07) is 2.50. The van der Waals surface area contributed by atoms with Gasteiger partial charge in [-0.1, -0.05) is 19.0 Å². The van der Waals surface area contributed by atoms with Gasteiger partial charge in [-0.15, -0.1) is 6.58 Å². The van der Waals surface area contributed by atoms with E-state index in [2.05, 4.69) is 19.2 Å². The number of hydrogen-bond donors (Lipinski definition) is 0. The molecule has 0 amide bonds. The lowest BCUT2D eigenvalue weighted by molar-refractivity contribution is 0.275. The summed E-state index contributed by atoms with van der Waals surface area (Å²) in [5.41, 5.74) is 2.10. The monoisotopic (exact) mass is 156 g/mol. The van der Waals surface area contributed by atoms with Crippen LogP contribution in [0.4, 0.5) is 0 Å². The van der Waals surface area contributed by atoms with E-state index in [0.717, 1.165) is 6.61 Å². The van der Waals surface area contributed by atoms with E-state index in [1.165, 1.54) is 24.9 Å². The maximum atomic E-state index is 5.78. The highest BCUT2D eigenvalue weighted by atomic mass is 28.4. The molecular formula is C8H16OSi. The highest BCUT2D eigenvalue weighted by molar-refractivity contribution is 6.78. The van der Waals surface area contributed by atoms with Gasteiger partial charge in [0.25, 0.3) is 0 Å². The third-order valence-electron chi connectivity index (χ3n) is 2.35. The van der Waals surface area contributed by atoms with E-state index in [0.29, 0.717) is 0 Å². The fourth-order valence-electron chi connectivity index (χ4n) is 1.46. The summed E-state index contributed by atoms with van der Waals surface area (Å²) >= 11 is 0. The first-order chi connectivity index (χ1) is 4.83. The van der Waals surface area contributed by atoms with Gasteiger partial charge in [-0.2, -0.15) is 0 Å². The van der Waals surface area contributed by atoms with Crippen LogP contribution in [-0.4, -0.2) is 14.9 Å².